The van der Waals surface area contributed by atoms with E-state index >= 15 is 0 Å². The van der Waals surface area contributed by atoms with Crippen molar-refractivity contribution in [2.24, 2.45) is 5.92 Å². The Morgan fingerprint density at radius 2 is 1.89 bits per heavy atom. The minimum absolute atomic E-state index is 0.0391. The third kappa shape index (κ3) is 5.69. The molecule has 0 aliphatic carbocycles. The molecule has 1 aliphatic heterocycles. The molecule has 1 aromatic heterocycles. The normalized spacial score (nSPS) is 15.3. The van der Waals surface area contributed by atoms with Crippen LogP contribution in [0.15, 0.2) is 36.7 Å². The fourth-order valence-corrected chi connectivity index (χ4v) is 3.02. The van der Waals surface area contributed by atoms with E-state index in [0.717, 1.165) is 43.9 Å². The summed E-state index contributed by atoms with van der Waals surface area (Å²) in [5, 5.41) is 3.10. The lowest BCUT2D eigenvalue weighted by atomic mass is 9.97. The van der Waals surface area contributed by atoms with Gasteiger partial charge in [-0.3, -0.25) is 9.69 Å². The molecule has 8 heteroatoms. The third-order valence-corrected chi connectivity index (χ3v) is 4.58. The van der Waals surface area contributed by atoms with E-state index in [4.69, 9.17) is 17.3 Å². The van der Waals surface area contributed by atoms with Gasteiger partial charge < -0.3 is 14.8 Å². The minimum atomic E-state index is -0.0935. The van der Waals surface area contributed by atoms with E-state index in [1.807, 2.05) is 24.3 Å². The van der Waals surface area contributed by atoms with Crippen LogP contribution in [-0.2, 0) is 9.53 Å². The fraction of sp³-hybridized carbons (Fsp3) is 0.421. The van der Waals surface area contributed by atoms with Crippen LogP contribution in [0, 0.1) is 5.92 Å². The van der Waals surface area contributed by atoms with E-state index in [0.29, 0.717) is 18.0 Å². The summed E-state index contributed by atoms with van der Waals surface area (Å²) in [6, 6.07) is 7.64. The molecule has 2 heterocycles. The molecule has 2 radical (unpaired) electrons. The summed E-state index contributed by atoms with van der Waals surface area (Å²) in [5.41, 5.74) is 1.40. The van der Waals surface area contributed by atoms with Crippen LogP contribution in [0.4, 0.5) is 11.6 Å². The third-order valence-electron chi connectivity index (χ3n) is 4.58. The number of anilines is 2. The van der Waals surface area contributed by atoms with Crippen molar-refractivity contribution in [1.82, 2.24) is 14.9 Å². The Bertz CT molecular complexity index is 732. The first-order valence-corrected chi connectivity index (χ1v) is 9.01. The maximum Gasteiger partial charge on any atom is 0.308 e. The van der Waals surface area contributed by atoms with Crippen molar-refractivity contribution in [3.05, 3.63) is 36.7 Å². The maximum atomic E-state index is 11.5. The number of hydrogen-bond donors (Lipinski definition) is 1. The summed E-state index contributed by atoms with van der Waals surface area (Å²) in [7, 11) is 7.02. The molecule has 0 saturated carbocycles. The van der Waals surface area contributed by atoms with Crippen molar-refractivity contribution in [2.75, 3.05) is 38.7 Å². The van der Waals surface area contributed by atoms with Gasteiger partial charge in [0, 0.05) is 24.6 Å². The van der Waals surface area contributed by atoms with Gasteiger partial charge in [0.25, 0.3) is 0 Å². The monoisotopic (exact) mass is 366 g/mol. The number of carbonyl (C=O) groups excluding carboxylic acids is 1. The van der Waals surface area contributed by atoms with Crippen LogP contribution in [0.5, 0.6) is 5.75 Å². The van der Waals surface area contributed by atoms with Gasteiger partial charge in [-0.15, -0.1) is 0 Å². The number of esters is 1. The average Bonchev–Trinajstić information content (AvgIpc) is 2.71. The highest BCUT2D eigenvalue weighted by Crippen LogP contribution is 2.20. The van der Waals surface area contributed by atoms with Gasteiger partial charge in [-0.25, -0.2) is 9.97 Å². The predicted molar refractivity (Wildman–Crippen MR) is 104 cm³/mol. The van der Waals surface area contributed by atoms with E-state index in [1.54, 1.807) is 12.4 Å². The molecule has 0 atom stereocenters. The molecule has 1 N–H and O–H groups in total. The van der Waals surface area contributed by atoms with Crippen LogP contribution in [-0.4, -0.2) is 62.0 Å². The number of hydrogen-bond acceptors (Lipinski definition) is 7. The molecule has 0 spiro atoms. The van der Waals surface area contributed by atoms with E-state index in [2.05, 4.69) is 20.2 Å². The number of likely N-dealkylation sites (tertiary alicyclic amines) is 1. The summed E-state index contributed by atoms with van der Waals surface area (Å²) < 4.78 is 10.6. The van der Waals surface area contributed by atoms with Crippen molar-refractivity contribution >= 4 is 30.9 Å². The maximum absolute atomic E-state index is 11.5. The van der Waals surface area contributed by atoms with Gasteiger partial charge in [-0.05, 0) is 50.2 Å². The van der Waals surface area contributed by atoms with Gasteiger partial charge in [0.15, 0.2) is 0 Å². The van der Waals surface area contributed by atoms with Crippen molar-refractivity contribution in [1.29, 1.82) is 0 Å². The van der Waals surface area contributed by atoms with Crippen molar-refractivity contribution in [2.45, 2.75) is 12.8 Å². The van der Waals surface area contributed by atoms with Crippen LogP contribution >= 0.6 is 0 Å². The first kappa shape index (κ1) is 19.2. The van der Waals surface area contributed by atoms with Crippen molar-refractivity contribution < 1.29 is 14.3 Å². The van der Waals surface area contributed by atoms with Crippen LogP contribution in [0.2, 0.25) is 0 Å². The number of rotatable bonds is 7. The summed E-state index contributed by atoms with van der Waals surface area (Å²) in [5.74, 6) is 1.25. The molecule has 0 unspecified atom stereocenters. The molecule has 27 heavy (non-hydrogen) atoms. The zero-order valence-electron chi connectivity index (χ0n) is 15.4. The first-order chi connectivity index (χ1) is 13.1. The van der Waals surface area contributed by atoms with Crippen molar-refractivity contribution in [3.8, 4) is 5.75 Å². The second kappa shape index (κ2) is 9.37. The second-order valence-electron chi connectivity index (χ2n) is 6.48. The number of carbonyl (C=O) groups is 1. The zero-order valence-corrected chi connectivity index (χ0v) is 15.4. The summed E-state index contributed by atoms with van der Waals surface area (Å²) >= 11 is 0. The van der Waals surface area contributed by atoms with E-state index in [1.165, 1.54) is 7.11 Å². The summed E-state index contributed by atoms with van der Waals surface area (Å²) in [6.07, 6.45) is 4.81. The molecule has 140 valence electrons. The average molecular weight is 366 g/mol. The molecule has 2 aromatic rings. The number of piperidine rings is 1. The highest BCUT2D eigenvalue weighted by molar-refractivity contribution is 6.31. The Kier molecular flexibility index (Phi) is 6.65. The van der Waals surface area contributed by atoms with Crippen LogP contribution in [0.25, 0.3) is 0 Å². The van der Waals surface area contributed by atoms with Crippen LogP contribution in [0.3, 0.4) is 0 Å². The van der Waals surface area contributed by atoms with Crippen LogP contribution < -0.4 is 15.5 Å². The molecule has 1 aromatic carbocycles. The number of nitrogens with one attached hydrogen (secondary N) is 1. The number of nitrogens with zero attached hydrogens (tertiary/aromatic N) is 3. The Labute approximate surface area is 160 Å². The summed E-state index contributed by atoms with van der Waals surface area (Å²) in [4.78, 5) is 22.1. The SMILES string of the molecule is [B]c1cnc(Nc2ccc(OCCN3CCC(C(=O)OC)CC3)cc2)nc1. The number of methoxy groups -OCH3 is 1. The quantitative estimate of drug-likeness (QED) is 0.584. The van der Waals surface area contributed by atoms with Crippen LogP contribution in [0.1, 0.15) is 12.8 Å². The van der Waals surface area contributed by atoms with E-state index in [-0.39, 0.29) is 11.9 Å². The molecule has 7 nitrogen and oxygen atoms in total. The van der Waals surface area contributed by atoms with Gasteiger partial charge in [0.1, 0.15) is 20.2 Å². The first-order valence-electron chi connectivity index (χ1n) is 9.01. The van der Waals surface area contributed by atoms with Gasteiger partial charge >= 0.3 is 5.97 Å². The Morgan fingerprint density at radius 3 is 2.52 bits per heavy atom. The molecule has 1 saturated heterocycles. The number of ether oxygens (including phenoxy) is 2. The molecule has 3 rings (SSSR count). The predicted octanol–water partition coefficient (Wildman–Crippen LogP) is 1.28. The number of aromatic nitrogens is 2. The fourth-order valence-electron chi connectivity index (χ4n) is 3.02. The Morgan fingerprint density at radius 1 is 1.22 bits per heavy atom. The lowest BCUT2D eigenvalue weighted by Crippen LogP contribution is -2.38. The summed E-state index contributed by atoms with van der Waals surface area (Å²) in [6.45, 7) is 3.24. The topological polar surface area (TPSA) is 76.6 Å². The van der Waals surface area contributed by atoms with Gasteiger partial charge in [-0.2, -0.15) is 0 Å². The second-order valence-corrected chi connectivity index (χ2v) is 6.48. The molecule has 1 fully saturated rings. The van der Waals surface area contributed by atoms with Gasteiger partial charge in [-0.1, -0.05) is 5.46 Å². The standard InChI is InChI=1S/C19H23BN4O3/c1-26-18(25)14-6-8-24(9-7-14)10-11-27-17-4-2-16(3-5-17)23-19-21-12-15(20)13-22-19/h2-5,12-14H,6-11H2,1H3,(H,21,22,23). The zero-order chi connectivity index (χ0) is 19.1. The Balaban J connectivity index is 1.39. The Hall–Kier alpha value is -2.61. The van der Waals surface area contributed by atoms with E-state index in [9.17, 15) is 4.79 Å². The molecular formula is C19H23BN4O3. The highest BCUT2D eigenvalue weighted by Gasteiger charge is 2.25. The smallest absolute Gasteiger partial charge is 0.308 e. The van der Waals surface area contributed by atoms with E-state index < -0.39 is 0 Å². The van der Waals surface area contributed by atoms with Crippen molar-refractivity contribution in [3.63, 3.8) is 0 Å². The molecule has 0 amide bonds. The lowest BCUT2D eigenvalue weighted by Gasteiger charge is -2.30. The minimum Gasteiger partial charge on any atom is -0.492 e. The molecular weight excluding hydrogens is 343 g/mol. The van der Waals surface area contributed by atoms with Gasteiger partial charge in [0.05, 0.1) is 13.0 Å². The van der Waals surface area contributed by atoms with Gasteiger partial charge in [0.2, 0.25) is 5.95 Å². The molecule has 0 bridgehead atoms. The largest absolute Gasteiger partial charge is 0.492 e. The highest BCUT2D eigenvalue weighted by atomic mass is 16.5. The number of benzene rings is 1. The molecule has 1 aliphatic rings. The lowest BCUT2D eigenvalue weighted by molar-refractivity contribution is -0.147.